The van der Waals surface area contributed by atoms with E-state index in [0.717, 1.165) is 11.3 Å². The molecule has 1 aromatic carbocycles. The largest absolute Gasteiger partial charge is 0.307 e. The van der Waals surface area contributed by atoms with Gasteiger partial charge in [0.05, 0.1) is 15.6 Å². The van der Waals surface area contributed by atoms with Crippen molar-refractivity contribution in [1.29, 1.82) is 0 Å². The summed E-state index contributed by atoms with van der Waals surface area (Å²) in [5.74, 6) is 0. The third-order valence-corrected chi connectivity index (χ3v) is 3.14. The Balaban J connectivity index is 1.96. The number of nitro benzene ring substituents is 1. The number of halogens is 1. The molecule has 0 unspecified atom stereocenters. The Kier molecular flexibility index (Phi) is 4.13. The monoisotopic (exact) mass is 280 g/mol. The molecule has 1 heterocycles. The number of hydrogen-bond acceptors (Lipinski definition) is 4. The van der Waals surface area contributed by atoms with Crippen LogP contribution in [0.3, 0.4) is 0 Å². The molecule has 0 radical (unpaired) electrons. The Labute approximate surface area is 115 Å². The van der Waals surface area contributed by atoms with Gasteiger partial charge in [0, 0.05) is 38.5 Å². The quantitative estimate of drug-likeness (QED) is 0.673. The van der Waals surface area contributed by atoms with Gasteiger partial charge < -0.3 is 5.32 Å². The van der Waals surface area contributed by atoms with E-state index < -0.39 is 4.92 Å². The van der Waals surface area contributed by atoms with Crippen LogP contribution in [0.5, 0.6) is 0 Å². The molecule has 100 valence electrons. The molecular weight excluding hydrogens is 268 g/mol. The molecule has 0 spiro atoms. The fraction of sp³-hybridized carbons (Fsp3) is 0.250. The lowest BCUT2D eigenvalue weighted by atomic mass is 10.2. The molecule has 2 rings (SSSR count). The molecule has 7 heteroatoms. The number of aromatic nitrogens is 2. The Hall–Kier alpha value is -1.92. The fourth-order valence-electron chi connectivity index (χ4n) is 1.69. The van der Waals surface area contributed by atoms with Gasteiger partial charge in [-0.1, -0.05) is 11.6 Å². The molecule has 2 aromatic rings. The lowest BCUT2D eigenvalue weighted by Crippen LogP contribution is -2.15. The van der Waals surface area contributed by atoms with Crippen molar-refractivity contribution >= 4 is 17.3 Å². The SMILES string of the molecule is Cn1nccc1CNCc1ccc([N+](=O)[O-])cc1Cl. The van der Waals surface area contributed by atoms with Crippen LogP contribution in [0.4, 0.5) is 5.69 Å². The lowest BCUT2D eigenvalue weighted by Gasteiger charge is -2.07. The summed E-state index contributed by atoms with van der Waals surface area (Å²) >= 11 is 6.00. The highest BCUT2D eigenvalue weighted by Crippen LogP contribution is 2.22. The maximum atomic E-state index is 10.6. The van der Waals surface area contributed by atoms with E-state index in [1.54, 1.807) is 16.9 Å². The lowest BCUT2D eigenvalue weighted by molar-refractivity contribution is -0.384. The highest BCUT2D eigenvalue weighted by atomic mass is 35.5. The third-order valence-electron chi connectivity index (χ3n) is 2.79. The van der Waals surface area contributed by atoms with Crippen LogP contribution < -0.4 is 5.32 Å². The first-order valence-electron chi connectivity index (χ1n) is 5.68. The molecule has 0 atom stereocenters. The van der Waals surface area contributed by atoms with E-state index in [1.165, 1.54) is 12.1 Å². The smallest absolute Gasteiger partial charge is 0.270 e. The highest BCUT2D eigenvalue weighted by molar-refractivity contribution is 6.31. The van der Waals surface area contributed by atoms with Gasteiger partial charge in [0.1, 0.15) is 0 Å². The van der Waals surface area contributed by atoms with Gasteiger partial charge in [-0.15, -0.1) is 0 Å². The van der Waals surface area contributed by atoms with Gasteiger partial charge in [-0.3, -0.25) is 14.8 Å². The molecule has 6 nitrogen and oxygen atoms in total. The molecule has 0 saturated carbocycles. The number of nitrogens with zero attached hydrogens (tertiary/aromatic N) is 3. The summed E-state index contributed by atoms with van der Waals surface area (Å²) in [6.07, 6.45) is 1.73. The van der Waals surface area contributed by atoms with Gasteiger partial charge in [-0.2, -0.15) is 5.10 Å². The number of hydrogen-bond donors (Lipinski definition) is 1. The second-order valence-electron chi connectivity index (χ2n) is 4.08. The number of rotatable bonds is 5. The minimum atomic E-state index is -0.460. The van der Waals surface area contributed by atoms with E-state index in [2.05, 4.69) is 10.4 Å². The average molecular weight is 281 g/mol. The van der Waals surface area contributed by atoms with Gasteiger partial charge in [-0.05, 0) is 17.7 Å². The maximum absolute atomic E-state index is 10.6. The Bertz CT molecular complexity index is 597. The van der Waals surface area contributed by atoms with Gasteiger partial charge >= 0.3 is 0 Å². The predicted octanol–water partition coefficient (Wildman–Crippen LogP) is 2.27. The molecule has 0 aliphatic heterocycles. The highest BCUT2D eigenvalue weighted by Gasteiger charge is 2.09. The van der Waals surface area contributed by atoms with E-state index in [4.69, 9.17) is 11.6 Å². The zero-order valence-electron chi connectivity index (χ0n) is 10.3. The maximum Gasteiger partial charge on any atom is 0.270 e. The zero-order valence-corrected chi connectivity index (χ0v) is 11.1. The topological polar surface area (TPSA) is 73.0 Å². The molecule has 0 bridgehead atoms. The van der Waals surface area contributed by atoms with Crippen molar-refractivity contribution < 1.29 is 4.92 Å². The standard InChI is InChI=1S/C12H13ClN4O2/c1-16-11(4-5-15-16)8-14-7-9-2-3-10(17(18)19)6-12(9)13/h2-6,14H,7-8H2,1H3. The van der Waals surface area contributed by atoms with E-state index in [9.17, 15) is 10.1 Å². The summed E-state index contributed by atoms with van der Waals surface area (Å²) in [5.41, 5.74) is 1.88. The molecule has 1 aromatic heterocycles. The molecular formula is C12H13ClN4O2. The average Bonchev–Trinajstić information content (AvgIpc) is 2.77. The van der Waals surface area contributed by atoms with E-state index in [-0.39, 0.29) is 5.69 Å². The minimum Gasteiger partial charge on any atom is -0.307 e. The van der Waals surface area contributed by atoms with Crippen LogP contribution in [-0.2, 0) is 20.1 Å². The third kappa shape index (κ3) is 3.30. The summed E-state index contributed by atoms with van der Waals surface area (Å²) in [6, 6.07) is 6.40. The normalized spacial score (nSPS) is 10.6. The molecule has 0 amide bonds. The van der Waals surface area contributed by atoms with Crippen LogP contribution >= 0.6 is 11.6 Å². The number of nitrogens with one attached hydrogen (secondary N) is 1. The number of benzene rings is 1. The van der Waals surface area contributed by atoms with Gasteiger partial charge in [0.25, 0.3) is 5.69 Å². The summed E-state index contributed by atoms with van der Waals surface area (Å²) in [7, 11) is 1.87. The molecule has 19 heavy (non-hydrogen) atoms. The van der Waals surface area contributed by atoms with Crippen molar-refractivity contribution in [3.63, 3.8) is 0 Å². The molecule has 0 aliphatic carbocycles. The number of non-ortho nitro benzene ring substituents is 1. The predicted molar refractivity (Wildman–Crippen MR) is 71.9 cm³/mol. The fourth-order valence-corrected chi connectivity index (χ4v) is 1.93. The van der Waals surface area contributed by atoms with E-state index in [1.807, 2.05) is 13.1 Å². The first-order chi connectivity index (χ1) is 9.08. The van der Waals surface area contributed by atoms with Crippen molar-refractivity contribution in [2.45, 2.75) is 13.1 Å². The van der Waals surface area contributed by atoms with Crippen LogP contribution in [0, 0.1) is 10.1 Å². The van der Waals surface area contributed by atoms with E-state index >= 15 is 0 Å². The zero-order chi connectivity index (χ0) is 13.8. The second kappa shape index (κ2) is 5.81. The van der Waals surface area contributed by atoms with Crippen LogP contribution in [0.15, 0.2) is 30.5 Å². The van der Waals surface area contributed by atoms with Crippen LogP contribution in [0.1, 0.15) is 11.3 Å². The summed E-state index contributed by atoms with van der Waals surface area (Å²) in [6.45, 7) is 1.20. The first-order valence-corrected chi connectivity index (χ1v) is 6.06. The molecule has 1 N–H and O–H groups in total. The Morgan fingerprint density at radius 2 is 2.21 bits per heavy atom. The second-order valence-corrected chi connectivity index (χ2v) is 4.49. The van der Waals surface area contributed by atoms with Gasteiger partial charge in [-0.25, -0.2) is 0 Å². The van der Waals surface area contributed by atoms with Crippen LogP contribution in [0.25, 0.3) is 0 Å². The van der Waals surface area contributed by atoms with Gasteiger partial charge in [0.15, 0.2) is 0 Å². The molecule has 0 saturated heterocycles. The van der Waals surface area contributed by atoms with Crippen molar-refractivity contribution in [2.75, 3.05) is 0 Å². The van der Waals surface area contributed by atoms with Crippen LogP contribution in [0.2, 0.25) is 5.02 Å². The molecule has 0 aliphatic rings. The Morgan fingerprint density at radius 1 is 1.42 bits per heavy atom. The Morgan fingerprint density at radius 3 is 2.79 bits per heavy atom. The van der Waals surface area contributed by atoms with Crippen molar-refractivity contribution in [1.82, 2.24) is 15.1 Å². The number of nitro groups is 1. The van der Waals surface area contributed by atoms with Crippen molar-refractivity contribution in [2.24, 2.45) is 7.05 Å². The van der Waals surface area contributed by atoms with Crippen molar-refractivity contribution in [3.8, 4) is 0 Å². The summed E-state index contributed by atoms with van der Waals surface area (Å²) in [4.78, 5) is 10.1. The van der Waals surface area contributed by atoms with Gasteiger partial charge in [0.2, 0.25) is 0 Å². The summed E-state index contributed by atoms with van der Waals surface area (Å²) < 4.78 is 1.78. The molecule has 0 fully saturated rings. The van der Waals surface area contributed by atoms with Crippen LogP contribution in [-0.4, -0.2) is 14.7 Å². The minimum absolute atomic E-state index is 0.000356. The number of aryl methyl sites for hydroxylation is 1. The van der Waals surface area contributed by atoms with E-state index in [0.29, 0.717) is 18.1 Å². The first kappa shape index (κ1) is 13.5. The van der Waals surface area contributed by atoms with Crippen molar-refractivity contribution in [3.05, 3.63) is 56.9 Å². The summed E-state index contributed by atoms with van der Waals surface area (Å²) in [5, 5.41) is 18.3.